The summed E-state index contributed by atoms with van der Waals surface area (Å²) in [5.74, 6) is -1.40. The predicted molar refractivity (Wildman–Crippen MR) is 132 cm³/mol. The molecule has 0 aliphatic carbocycles. The molecule has 2 amide bonds. The van der Waals surface area contributed by atoms with Gasteiger partial charge in [0.2, 0.25) is 6.17 Å². The van der Waals surface area contributed by atoms with Gasteiger partial charge in [-0.05, 0) is 30.3 Å². The summed E-state index contributed by atoms with van der Waals surface area (Å²) < 4.78 is 20.1. The minimum Gasteiger partial charge on any atom is -0.383 e. The van der Waals surface area contributed by atoms with Crippen LogP contribution < -0.4 is 10.2 Å². The van der Waals surface area contributed by atoms with Gasteiger partial charge in [0, 0.05) is 35.7 Å². The Hall–Kier alpha value is -4.30. The van der Waals surface area contributed by atoms with Crippen LogP contribution in [-0.4, -0.2) is 48.9 Å². The SMILES string of the molecule is COCCN1C(=O)[C@@H](NC(=O)c2cc3ccccc3[nH]2)N=C(c2ccccc2F)c2ccccc21. The molecule has 1 aromatic heterocycles. The standard InChI is InChI=1S/C27H23FN4O3/c1-35-15-14-32-23-13-7-4-10-19(23)24(18-9-3-5-11-20(18)28)30-25(27(32)34)31-26(33)22-16-17-8-2-6-12-21(17)29-22/h2-13,16,25,29H,14-15H2,1H3,(H,31,33)/t25-/m1/s1. The van der Waals surface area contributed by atoms with Gasteiger partial charge in [0.15, 0.2) is 0 Å². The number of anilines is 1. The topological polar surface area (TPSA) is 86.8 Å². The van der Waals surface area contributed by atoms with Crippen molar-refractivity contribution < 1.29 is 18.7 Å². The summed E-state index contributed by atoms with van der Waals surface area (Å²) in [6, 6.07) is 22.6. The number of carbonyl (C=O) groups excluding carboxylic acids is 2. The van der Waals surface area contributed by atoms with Crippen LogP contribution in [0.4, 0.5) is 10.1 Å². The van der Waals surface area contributed by atoms with Crippen LogP contribution >= 0.6 is 0 Å². The van der Waals surface area contributed by atoms with Crippen molar-refractivity contribution in [2.45, 2.75) is 6.17 Å². The van der Waals surface area contributed by atoms with Crippen molar-refractivity contribution in [2.24, 2.45) is 4.99 Å². The third kappa shape index (κ3) is 4.31. The van der Waals surface area contributed by atoms with Crippen molar-refractivity contribution in [1.82, 2.24) is 10.3 Å². The van der Waals surface area contributed by atoms with Crippen molar-refractivity contribution in [3.05, 3.63) is 102 Å². The molecule has 1 aliphatic heterocycles. The third-order valence-corrected chi connectivity index (χ3v) is 5.90. The van der Waals surface area contributed by atoms with Crippen LogP contribution in [0, 0.1) is 5.82 Å². The Labute approximate surface area is 201 Å². The van der Waals surface area contributed by atoms with Crippen LogP contribution in [0.5, 0.6) is 0 Å². The zero-order chi connectivity index (χ0) is 24.4. The number of rotatable bonds is 6. The Bertz CT molecular complexity index is 1410. The lowest BCUT2D eigenvalue weighted by molar-refractivity contribution is -0.120. The van der Waals surface area contributed by atoms with Gasteiger partial charge in [0.25, 0.3) is 11.8 Å². The number of methoxy groups -OCH3 is 1. The first-order valence-electron chi connectivity index (χ1n) is 11.2. The van der Waals surface area contributed by atoms with Crippen LogP contribution in [0.2, 0.25) is 0 Å². The molecular formula is C27H23FN4O3. The molecule has 1 aliphatic rings. The average Bonchev–Trinajstić information content (AvgIpc) is 3.28. The number of para-hydroxylation sites is 2. The number of aliphatic imine (C=N–C) groups is 1. The van der Waals surface area contributed by atoms with Crippen molar-refractivity contribution in [2.75, 3.05) is 25.2 Å². The molecule has 0 saturated carbocycles. The summed E-state index contributed by atoms with van der Waals surface area (Å²) in [6.45, 7) is 0.517. The number of fused-ring (bicyclic) bond motifs is 2. The Morgan fingerprint density at radius 1 is 1.06 bits per heavy atom. The lowest BCUT2D eigenvalue weighted by Crippen LogP contribution is -2.48. The highest BCUT2D eigenvalue weighted by atomic mass is 19.1. The molecule has 2 N–H and O–H groups in total. The molecule has 3 aromatic carbocycles. The maximum Gasteiger partial charge on any atom is 0.272 e. The highest BCUT2D eigenvalue weighted by molar-refractivity contribution is 6.20. The van der Waals surface area contributed by atoms with E-state index in [1.165, 1.54) is 11.0 Å². The molecular weight excluding hydrogens is 447 g/mol. The summed E-state index contributed by atoms with van der Waals surface area (Å²) in [5, 5.41) is 3.60. The number of carbonyl (C=O) groups is 2. The first kappa shape index (κ1) is 22.5. The molecule has 5 rings (SSSR count). The Morgan fingerprint density at radius 2 is 1.77 bits per heavy atom. The number of aromatic amines is 1. The molecule has 35 heavy (non-hydrogen) atoms. The third-order valence-electron chi connectivity index (χ3n) is 5.90. The summed E-state index contributed by atoms with van der Waals surface area (Å²) in [7, 11) is 1.55. The maximum absolute atomic E-state index is 14.9. The molecule has 0 fully saturated rings. The number of nitrogens with one attached hydrogen (secondary N) is 2. The van der Waals surface area contributed by atoms with Crippen LogP contribution in [0.1, 0.15) is 21.6 Å². The number of halogens is 1. The average molecular weight is 471 g/mol. The molecule has 0 saturated heterocycles. The van der Waals surface area contributed by atoms with Crippen molar-refractivity contribution in [1.29, 1.82) is 0 Å². The molecule has 4 aromatic rings. The van der Waals surface area contributed by atoms with Gasteiger partial charge in [-0.1, -0.05) is 48.5 Å². The van der Waals surface area contributed by atoms with Crippen LogP contribution in [0.3, 0.4) is 0 Å². The van der Waals surface area contributed by atoms with E-state index < -0.39 is 23.8 Å². The van der Waals surface area contributed by atoms with E-state index in [0.717, 1.165) is 10.9 Å². The fraction of sp³-hybridized carbons (Fsp3) is 0.148. The molecule has 176 valence electrons. The van der Waals surface area contributed by atoms with E-state index in [9.17, 15) is 14.0 Å². The van der Waals surface area contributed by atoms with E-state index in [0.29, 0.717) is 16.9 Å². The second kappa shape index (κ2) is 9.52. The first-order chi connectivity index (χ1) is 17.1. The van der Waals surface area contributed by atoms with E-state index in [4.69, 9.17) is 4.74 Å². The molecule has 1 atom stereocenters. The normalized spacial score (nSPS) is 15.5. The van der Waals surface area contributed by atoms with Gasteiger partial charge in [-0.2, -0.15) is 0 Å². The molecule has 8 heteroatoms. The fourth-order valence-electron chi connectivity index (χ4n) is 4.20. The predicted octanol–water partition coefficient (Wildman–Crippen LogP) is 3.89. The zero-order valence-electron chi connectivity index (χ0n) is 19.0. The highest BCUT2D eigenvalue weighted by Crippen LogP contribution is 2.29. The maximum atomic E-state index is 14.9. The second-order valence-corrected chi connectivity index (χ2v) is 8.10. The van der Waals surface area contributed by atoms with Crippen LogP contribution in [0.25, 0.3) is 10.9 Å². The second-order valence-electron chi connectivity index (χ2n) is 8.10. The Balaban J connectivity index is 1.59. The lowest BCUT2D eigenvalue weighted by Gasteiger charge is -2.25. The molecule has 0 bridgehead atoms. The Morgan fingerprint density at radius 3 is 2.54 bits per heavy atom. The monoisotopic (exact) mass is 470 g/mol. The number of nitrogens with zero attached hydrogens (tertiary/aromatic N) is 2. The number of ether oxygens (including phenoxy) is 1. The van der Waals surface area contributed by atoms with Gasteiger partial charge in [0.1, 0.15) is 11.5 Å². The lowest BCUT2D eigenvalue weighted by atomic mass is 10.00. The van der Waals surface area contributed by atoms with E-state index in [1.54, 1.807) is 55.6 Å². The first-order valence-corrected chi connectivity index (χ1v) is 11.2. The van der Waals surface area contributed by atoms with Crippen LogP contribution in [-0.2, 0) is 9.53 Å². The van der Waals surface area contributed by atoms with Gasteiger partial charge in [-0.25, -0.2) is 9.38 Å². The van der Waals surface area contributed by atoms with Gasteiger partial charge < -0.3 is 19.9 Å². The van der Waals surface area contributed by atoms with Gasteiger partial charge in [-0.15, -0.1) is 0 Å². The fourth-order valence-corrected chi connectivity index (χ4v) is 4.20. The number of amides is 2. The van der Waals surface area contributed by atoms with Crippen molar-refractivity contribution >= 4 is 34.1 Å². The van der Waals surface area contributed by atoms with Gasteiger partial charge in [0.05, 0.1) is 18.0 Å². The quantitative estimate of drug-likeness (QED) is 0.448. The Kier molecular flexibility index (Phi) is 6.12. The molecule has 2 heterocycles. The summed E-state index contributed by atoms with van der Waals surface area (Å²) in [5.41, 5.74) is 2.78. The summed E-state index contributed by atoms with van der Waals surface area (Å²) in [6.07, 6.45) is -1.27. The number of hydrogen-bond donors (Lipinski definition) is 2. The van der Waals surface area contributed by atoms with E-state index in [1.807, 2.05) is 24.3 Å². The molecule has 0 spiro atoms. The zero-order valence-corrected chi connectivity index (χ0v) is 19.0. The summed E-state index contributed by atoms with van der Waals surface area (Å²) >= 11 is 0. The van der Waals surface area contributed by atoms with Crippen molar-refractivity contribution in [3.63, 3.8) is 0 Å². The van der Waals surface area contributed by atoms with E-state index in [2.05, 4.69) is 15.3 Å². The van der Waals surface area contributed by atoms with Crippen LogP contribution in [0.15, 0.2) is 83.9 Å². The molecule has 0 unspecified atom stereocenters. The van der Waals surface area contributed by atoms with Gasteiger partial charge >= 0.3 is 0 Å². The minimum absolute atomic E-state index is 0.241. The smallest absolute Gasteiger partial charge is 0.272 e. The molecule has 7 nitrogen and oxygen atoms in total. The molecule has 0 radical (unpaired) electrons. The number of benzene rings is 3. The highest BCUT2D eigenvalue weighted by Gasteiger charge is 2.33. The summed E-state index contributed by atoms with van der Waals surface area (Å²) in [4.78, 5) is 36.0. The number of benzodiazepines with no additional fused rings is 1. The van der Waals surface area contributed by atoms with E-state index >= 15 is 0 Å². The van der Waals surface area contributed by atoms with Gasteiger partial charge in [-0.3, -0.25) is 9.59 Å². The minimum atomic E-state index is -1.27. The van der Waals surface area contributed by atoms with Crippen molar-refractivity contribution in [3.8, 4) is 0 Å². The number of hydrogen-bond acceptors (Lipinski definition) is 4. The number of aromatic nitrogens is 1. The van der Waals surface area contributed by atoms with E-state index in [-0.39, 0.29) is 24.4 Å². The largest absolute Gasteiger partial charge is 0.383 e. The number of H-pyrrole nitrogens is 1.